The molecule has 4 rings (SSSR count). The number of carbonyl (C=O) groups excluding carboxylic acids is 1. The Morgan fingerprint density at radius 2 is 1.92 bits per heavy atom. The second-order valence-electron chi connectivity index (χ2n) is 5.98. The molecule has 2 aromatic carbocycles. The van der Waals surface area contributed by atoms with Crippen LogP contribution >= 0.6 is 11.6 Å². The number of hydrogen-bond acceptors (Lipinski definition) is 3. The largest absolute Gasteiger partial charge is 0.338 e. The molecule has 0 atom stereocenters. The molecule has 26 heavy (non-hydrogen) atoms. The van der Waals surface area contributed by atoms with Crippen molar-refractivity contribution in [3.05, 3.63) is 77.5 Å². The van der Waals surface area contributed by atoms with Crippen LogP contribution in [0.5, 0.6) is 0 Å². The predicted octanol–water partition coefficient (Wildman–Crippen LogP) is 3.72. The van der Waals surface area contributed by atoms with Crippen molar-refractivity contribution in [1.82, 2.24) is 19.3 Å². The highest BCUT2D eigenvalue weighted by molar-refractivity contribution is 6.39. The topological polar surface area (TPSA) is 64.7 Å². The number of fused-ring (bicyclic) bond motifs is 1. The molecule has 7 heteroatoms. The van der Waals surface area contributed by atoms with E-state index in [2.05, 4.69) is 15.4 Å². The fourth-order valence-corrected chi connectivity index (χ4v) is 3.36. The van der Waals surface area contributed by atoms with Gasteiger partial charge in [0.2, 0.25) is 0 Å². The van der Waals surface area contributed by atoms with E-state index < -0.39 is 0 Å². The highest BCUT2D eigenvalue weighted by Crippen LogP contribution is 2.30. The molecule has 2 heterocycles. The van der Waals surface area contributed by atoms with Crippen LogP contribution in [-0.2, 0) is 13.6 Å². The summed E-state index contributed by atoms with van der Waals surface area (Å²) in [6.45, 7) is 0.628. The SMILES string of the molecule is Cn1c(C(=O)Nc2ccc(Cn3cncn3)cc2)c(Cl)c2ccccc21. The molecule has 0 saturated carbocycles. The smallest absolute Gasteiger partial charge is 0.273 e. The second kappa shape index (κ2) is 6.65. The first kappa shape index (κ1) is 16.4. The Balaban J connectivity index is 1.55. The van der Waals surface area contributed by atoms with E-state index in [1.165, 1.54) is 6.33 Å². The maximum atomic E-state index is 12.7. The zero-order chi connectivity index (χ0) is 18.1. The number of aromatic nitrogens is 4. The van der Waals surface area contributed by atoms with Gasteiger partial charge in [-0.1, -0.05) is 41.9 Å². The molecule has 6 nitrogen and oxygen atoms in total. The highest BCUT2D eigenvalue weighted by atomic mass is 35.5. The first-order chi connectivity index (χ1) is 12.6. The number of nitrogens with zero attached hydrogens (tertiary/aromatic N) is 4. The van der Waals surface area contributed by atoms with Crippen molar-refractivity contribution in [3.63, 3.8) is 0 Å². The zero-order valence-corrected chi connectivity index (χ0v) is 14.8. The van der Waals surface area contributed by atoms with Crippen LogP contribution in [0, 0.1) is 0 Å². The van der Waals surface area contributed by atoms with Crippen LogP contribution in [0.3, 0.4) is 0 Å². The number of rotatable bonds is 4. The van der Waals surface area contributed by atoms with E-state index in [9.17, 15) is 4.79 Å². The lowest BCUT2D eigenvalue weighted by Gasteiger charge is -2.08. The minimum absolute atomic E-state index is 0.238. The first-order valence-electron chi connectivity index (χ1n) is 8.09. The molecule has 0 unspecified atom stereocenters. The number of amides is 1. The number of anilines is 1. The van der Waals surface area contributed by atoms with Crippen molar-refractivity contribution < 1.29 is 4.79 Å². The van der Waals surface area contributed by atoms with Crippen molar-refractivity contribution in [1.29, 1.82) is 0 Å². The Morgan fingerprint density at radius 1 is 1.15 bits per heavy atom. The fourth-order valence-electron chi connectivity index (χ4n) is 2.98. The van der Waals surface area contributed by atoms with Crippen LogP contribution in [0.1, 0.15) is 16.1 Å². The molecule has 0 bridgehead atoms. The van der Waals surface area contributed by atoms with Crippen molar-refractivity contribution in [2.75, 3.05) is 5.32 Å². The molecule has 1 amide bonds. The number of para-hydroxylation sites is 1. The molecular formula is C19H16ClN5O. The number of nitrogens with one attached hydrogen (secondary N) is 1. The summed E-state index contributed by atoms with van der Waals surface area (Å²) in [6.07, 6.45) is 3.17. The number of benzene rings is 2. The van der Waals surface area contributed by atoms with E-state index in [4.69, 9.17) is 11.6 Å². The molecule has 0 aliphatic carbocycles. The highest BCUT2D eigenvalue weighted by Gasteiger charge is 2.19. The van der Waals surface area contributed by atoms with E-state index in [0.29, 0.717) is 22.9 Å². The number of carbonyl (C=O) groups is 1. The van der Waals surface area contributed by atoms with E-state index in [1.807, 2.05) is 60.1 Å². The van der Waals surface area contributed by atoms with Crippen molar-refractivity contribution in [2.24, 2.45) is 7.05 Å². The molecule has 0 saturated heterocycles. The monoisotopic (exact) mass is 365 g/mol. The molecule has 1 N–H and O–H groups in total. The van der Waals surface area contributed by atoms with Crippen LogP contribution in [0.2, 0.25) is 5.02 Å². The third-order valence-corrected chi connectivity index (χ3v) is 4.67. The molecule has 130 valence electrons. The van der Waals surface area contributed by atoms with Gasteiger partial charge in [-0.25, -0.2) is 9.67 Å². The van der Waals surface area contributed by atoms with Gasteiger partial charge < -0.3 is 9.88 Å². The summed E-state index contributed by atoms with van der Waals surface area (Å²) in [5, 5.41) is 8.32. The summed E-state index contributed by atoms with van der Waals surface area (Å²) in [4.78, 5) is 16.7. The van der Waals surface area contributed by atoms with Crippen molar-refractivity contribution >= 4 is 34.1 Å². The Hall–Kier alpha value is -3.12. The summed E-state index contributed by atoms with van der Waals surface area (Å²) in [5.41, 5.74) is 3.14. The Bertz CT molecular complexity index is 1030. The third kappa shape index (κ3) is 2.95. The minimum Gasteiger partial charge on any atom is -0.338 e. The van der Waals surface area contributed by atoms with E-state index in [1.54, 1.807) is 11.0 Å². The third-order valence-electron chi connectivity index (χ3n) is 4.28. The van der Waals surface area contributed by atoms with E-state index >= 15 is 0 Å². The molecule has 0 fully saturated rings. The summed E-state index contributed by atoms with van der Waals surface area (Å²) >= 11 is 6.43. The van der Waals surface area contributed by atoms with Gasteiger partial charge in [-0.05, 0) is 23.8 Å². The molecule has 0 aliphatic heterocycles. The maximum absolute atomic E-state index is 12.7. The van der Waals surface area contributed by atoms with Crippen LogP contribution in [0.4, 0.5) is 5.69 Å². The predicted molar refractivity (Wildman–Crippen MR) is 101 cm³/mol. The van der Waals surface area contributed by atoms with Crippen molar-refractivity contribution in [2.45, 2.75) is 6.54 Å². The quantitative estimate of drug-likeness (QED) is 0.599. The molecule has 0 radical (unpaired) electrons. The van der Waals surface area contributed by atoms with E-state index in [0.717, 1.165) is 16.5 Å². The summed E-state index contributed by atoms with van der Waals surface area (Å²) < 4.78 is 3.55. The van der Waals surface area contributed by atoms with Gasteiger partial charge in [-0.15, -0.1) is 0 Å². The Morgan fingerprint density at radius 3 is 2.62 bits per heavy atom. The Labute approximate surface area is 155 Å². The minimum atomic E-state index is -0.238. The van der Waals surface area contributed by atoms with Gasteiger partial charge >= 0.3 is 0 Å². The lowest BCUT2D eigenvalue weighted by atomic mass is 10.2. The lowest BCUT2D eigenvalue weighted by molar-refractivity contribution is 0.102. The van der Waals surface area contributed by atoms with Gasteiger partial charge in [0.25, 0.3) is 5.91 Å². The van der Waals surface area contributed by atoms with Gasteiger partial charge in [-0.2, -0.15) is 5.10 Å². The van der Waals surface area contributed by atoms with Gasteiger partial charge in [-0.3, -0.25) is 4.79 Å². The van der Waals surface area contributed by atoms with E-state index in [-0.39, 0.29) is 5.91 Å². The standard InChI is InChI=1S/C19H16ClN5O/c1-24-16-5-3-2-4-15(16)17(20)18(24)19(26)23-14-8-6-13(7-9-14)10-25-12-21-11-22-25/h2-9,11-12H,10H2,1H3,(H,23,26). The molecule has 0 aliphatic rings. The zero-order valence-electron chi connectivity index (χ0n) is 14.1. The summed E-state index contributed by atoms with van der Waals surface area (Å²) in [5.74, 6) is -0.238. The Kier molecular flexibility index (Phi) is 4.18. The van der Waals surface area contributed by atoms with Crippen LogP contribution in [0.15, 0.2) is 61.2 Å². The summed E-state index contributed by atoms with van der Waals surface area (Å²) in [6, 6.07) is 15.3. The number of aryl methyl sites for hydroxylation is 1. The fraction of sp³-hybridized carbons (Fsp3) is 0.105. The lowest BCUT2D eigenvalue weighted by Crippen LogP contribution is -2.16. The van der Waals surface area contributed by atoms with Crippen LogP contribution < -0.4 is 5.32 Å². The number of halogens is 1. The second-order valence-corrected chi connectivity index (χ2v) is 6.36. The van der Waals surface area contributed by atoms with Gasteiger partial charge in [0.1, 0.15) is 18.3 Å². The number of hydrogen-bond donors (Lipinski definition) is 1. The first-order valence-corrected chi connectivity index (χ1v) is 8.47. The van der Waals surface area contributed by atoms with Crippen LogP contribution in [0.25, 0.3) is 10.9 Å². The molecule has 4 aromatic rings. The molecule has 2 aromatic heterocycles. The van der Waals surface area contributed by atoms with Crippen molar-refractivity contribution in [3.8, 4) is 0 Å². The average Bonchev–Trinajstić information content (AvgIpc) is 3.24. The average molecular weight is 366 g/mol. The van der Waals surface area contributed by atoms with Gasteiger partial charge in [0, 0.05) is 23.6 Å². The van der Waals surface area contributed by atoms with Gasteiger partial charge in [0.05, 0.1) is 11.6 Å². The summed E-state index contributed by atoms with van der Waals surface area (Å²) in [7, 11) is 1.84. The molecule has 0 spiro atoms. The maximum Gasteiger partial charge on any atom is 0.273 e. The van der Waals surface area contributed by atoms with Crippen LogP contribution in [-0.4, -0.2) is 25.2 Å². The normalized spacial score (nSPS) is 11.0. The molecular weight excluding hydrogens is 350 g/mol. The van der Waals surface area contributed by atoms with Gasteiger partial charge in [0.15, 0.2) is 0 Å².